The van der Waals surface area contributed by atoms with Gasteiger partial charge in [0, 0.05) is 50.2 Å². The van der Waals surface area contributed by atoms with Crippen molar-refractivity contribution in [1.82, 2.24) is 14.9 Å². The lowest BCUT2D eigenvalue weighted by Crippen LogP contribution is -2.49. The minimum atomic E-state index is -0.238. The van der Waals surface area contributed by atoms with E-state index in [-0.39, 0.29) is 6.09 Å². The maximum Gasteiger partial charge on any atom is 0.409 e. The van der Waals surface area contributed by atoms with E-state index in [2.05, 4.69) is 33.8 Å². The average Bonchev–Trinajstić information content (AvgIpc) is 2.69. The molecule has 0 N–H and O–H groups in total. The molecule has 1 amide bonds. The highest BCUT2D eigenvalue weighted by Gasteiger charge is 2.23. The fraction of sp³-hybridized carbons (Fsp3) is 0.450. The third-order valence-electron chi connectivity index (χ3n) is 4.58. The number of nitrogens with zero attached hydrogens (tertiary/aromatic N) is 5. The summed E-state index contributed by atoms with van der Waals surface area (Å²) in [6.07, 6.45) is -0.238. The van der Waals surface area contributed by atoms with Crippen molar-refractivity contribution in [1.29, 1.82) is 0 Å². The highest BCUT2D eigenvalue weighted by molar-refractivity contribution is 5.68. The van der Waals surface area contributed by atoms with Crippen LogP contribution in [0.5, 0.6) is 0 Å². The van der Waals surface area contributed by atoms with Crippen LogP contribution in [0.3, 0.4) is 0 Å². The lowest BCUT2D eigenvalue weighted by Gasteiger charge is -2.35. The maximum absolute atomic E-state index is 11.9. The first-order valence-corrected chi connectivity index (χ1v) is 9.47. The fourth-order valence-corrected chi connectivity index (χ4v) is 3.20. The second-order valence-electron chi connectivity index (χ2n) is 6.42. The number of rotatable bonds is 5. The molecule has 1 fully saturated rings. The first kappa shape index (κ1) is 18.9. The largest absolute Gasteiger partial charge is 0.450 e. The van der Waals surface area contributed by atoms with Crippen LogP contribution in [0.2, 0.25) is 0 Å². The molecule has 0 radical (unpaired) electrons. The monoisotopic (exact) mass is 369 g/mol. The molecule has 0 spiro atoms. The highest BCUT2D eigenvalue weighted by Crippen LogP contribution is 2.25. The summed E-state index contributed by atoms with van der Waals surface area (Å²) in [6.45, 7) is 9.81. The van der Waals surface area contributed by atoms with E-state index in [4.69, 9.17) is 9.72 Å². The van der Waals surface area contributed by atoms with Crippen molar-refractivity contribution in [2.75, 3.05) is 49.1 Å². The van der Waals surface area contributed by atoms with Gasteiger partial charge in [-0.1, -0.05) is 18.2 Å². The second kappa shape index (κ2) is 8.70. The van der Waals surface area contributed by atoms with Crippen LogP contribution in [0, 0.1) is 6.92 Å². The number of carbonyl (C=O) groups is 1. The Morgan fingerprint density at radius 3 is 2.44 bits per heavy atom. The molecular weight excluding hydrogens is 342 g/mol. The molecule has 0 aliphatic carbocycles. The average molecular weight is 369 g/mol. The molecule has 27 heavy (non-hydrogen) atoms. The summed E-state index contributed by atoms with van der Waals surface area (Å²) in [5.74, 6) is 1.60. The Kier molecular flexibility index (Phi) is 6.11. The predicted molar refractivity (Wildman–Crippen MR) is 107 cm³/mol. The van der Waals surface area contributed by atoms with Crippen molar-refractivity contribution in [2.24, 2.45) is 0 Å². The molecule has 1 aromatic carbocycles. The van der Waals surface area contributed by atoms with Crippen LogP contribution >= 0.6 is 0 Å². The lowest BCUT2D eigenvalue weighted by molar-refractivity contribution is 0.105. The van der Waals surface area contributed by atoms with Gasteiger partial charge in [-0.3, -0.25) is 0 Å². The number of para-hydroxylation sites is 1. The SMILES string of the molecule is CCOC(=O)N1CCN(c2cc(C)nc(N(CC)c3ccccc3)n2)CC1. The zero-order valence-corrected chi connectivity index (χ0v) is 16.3. The number of amides is 1. The van der Waals surface area contributed by atoms with E-state index in [9.17, 15) is 4.79 Å². The van der Waals surface area contributed by atoms with Crippen molar-refractivity contribution >= 4 is 23.5 Å². The number of aryl methyl sites for hydroxylation is 1. The van der Waals surface area contributed by atoms with Crippen LogP contribution in [0.25, 0.3) is 0 Å². The number of anilines is 3. The second-order valence-corrected chi connectivity index (χ2v) is 6.42. The molecule has 0 atom stereocenters. The normalized spacial score (nSPS) is 14.2. The van der Waals surface area contributed by atoms with E-state index in [1.807, 2.05) is 38.1 Å². The Morgan fingerprint density at radius 1 is 1.11 bits per heavy atom. The molecule has 1 aromatic heterocycles. The van der Waals surface area contributed by atoms with Crippen LogP contribution in [0.1, 0.15) is 19.5 Å². The summed E-state index contributed by atoms with van der Waals surface area (Å²) in [5.41, 5.74) is 2.00. The van der Waals surface area contributed by atoms with Gasteiger partial charge in [-0.25, -0.2) is 9.78 Å². The van der Waals surface area contributed by atoms with E-state index in [1.54, 1.807) is 4.90 Å². The van der Waals surface area contributed by atoms with Crippen molar-refractivity contribution in [3.63, 3.8) is 0 Å². The Labute approximate surface area is 160 Å². The molecule has 3 rings (SSSR count). The van der Waals surface area contributed by atoms with Crippen LogP contribution in [-0.2, 0) is 4.74 Å². The van der Waals surface area contributed by atoms with Crippen molar-refractivity contribution in [3.05, 3.63) is 42.1 Å². The smallest absolute Gasteiger partial charge is 0.409 e. The maximum atomic E-state index is 11.9. The summed E-state index contributed by atoms with van der Waals surface area (Å²) in [5, 5.41) is 0. The molecule has 0 bridgehead atoms. The number of benzene rings is 1. The Morgan fingerprint density at radius 2 is 1.81 bits per heavy atom. The molecule has 1 aliphatic heterocycles. The molecule has 2 aromatic rings. The first-order valence-electron chi connectivity index (χ1n) is 9.47. The van der Waals surface area contributed by atoms with E-state index in [1.165, 1.54) is 0 Å². The number of carbonyl (C=O) groups excluding carboxylic acids is 1. The Hall–Kier alpha value is -2.83. The molecule has 7 heteroatoms. The van der Waals surface area contributed by atoms with Crippen LogP contribution in [0.4, 0.5) is 22.2 Å². The molecule has 1 aliphatic rings. The van der Waals surface area contributed by atoms with Crippen LogP contribution in [-0.4, -0.2) is 60.3 Å². The Bertz CT molecular complexity index is 760. The van der Waals surface area contributed by atoms with Gasteiger partial charge >= 0.3 is 6.09 Å². The van der Waals surface area contributed by atoms with Gasteiger partial charge in [-0.2, -0.15) is 4.98 Å². The highest BCUT2D eigenvalue weighted by atomic mass is 16.6. The number of aromatic nitrogens is 2. The van der Waals surface area contributed by atoms with Crippen molar-refractivity contribution in [3.8, 4) is 0 Å². The number of piperazine rings is 1. The quantitative estimate of drug-likeness (QED) is 0.806. The minimum absolute atomic E-state index is 0.238. The fourth-order valence-electron chi connectivity index (χ4n) is 3.20. The van der Waals surface area contributed by atoms with Crippen LogP contribution < -0.4 is 9.80 Å². The van der Waals surface area contributed by atoms with E-state index in [0.29, 0.717) is 25.6 Å². The topological polar surface area (TPSA) is 61.8 Å². The number of hydrogen-bond donors (Lipinski definition) is 0. The summed E-state index contributed by atoms with van der Waals surface area (Å²) >= 11 is 0. The van der Waals surface area contributed by atoms with Gasteiger partial charge in [0.15, 0.2) is 0 Å². The van der Waals surface area contributed by atoms with Gasteiger partial charge in [-0.15, -0.1) is 0 Å². The number of ether oxygens (including phenoxy) is 1. The standard InChI is InChI=1S/C20H27N5O2/c1-4-25(17-9-7-6-8-10-17)19-21-16(3)15-18(22-19)23-11-13-24(14-12-23)20(26)27-5-2/h6-10,15H,4-5,11-14H2,1-3H3. The van der Waals surface area contributed by atoms with E-state index >= 15 is 0 Å². The zero-order chi connectivity index (χ0) is 19.2. The van der Waals surface area contributed by atoms with Gasteiger partial charge < -0.3 is 19.4 Å². The summed E-state index contributed by atoms with van der Waals surface area (Å²) in [6, 6.07) is 12.2. The number of hydrogen-bond acceptors (Lipinski definition) is 6. The first-order chi connectivity index (χ1) is 13.1. The minimum Gasteiger partial charge on any atom is -0.450 e. The molecule has 0 unspecified atom stereocenters. The molecular formula is C20H27N5O2. The van der Waals surface area contributed by atoms with E-state index < -0.39 is 0 Å². The molecule has 7 nitrogen and oxygen atoms in total. The molecule has 1 saturated heterocycles. The lowest BCUT2D eigenvalue weighted by atomic mass is 10.3. The molecule has 144 valence electrons. The zero-order valence-electron chi connectivity index (χ0n) is 16.3. The summed E-state index contributed by atoms with van der Waals surface area (Å²) in [4.78, 5) is 27.4. The summed E-state index contributed by atoms with van der Waals surface area (Å²) in [7, 11) is 0. The van der Waals surface area contributed by atoms with Gasteiger partial charge in [0.05, 0.1) is 6.61 Å². The molecule has 2 heterocycles. The van der Waals surface area contributed by atoms with Gasteiger partial charge in [-0.05, 0) is 32.9 Å². The third-order valence-corrected chi connectivity index (χ3v) is 4.58. The van der Waals surface area contributed by atoms with Crippen molar-refractivity contribution < 1.29 is 9.53 Å². The third kappa shape index (κ3) is 4.48. The molecule has 0 saturated carbocycles. The van der Waals surface area contributed by atoms with Gasteiger partial charge in [0.1, 0.15) is 5.82 Å². The van der Waals surface area contributed by atoms with E-state index in [0.717, 1.165) is 36.8 Å². The van der Waals surface area contributed by atoms with Gasteiger partial charge in [0.25, 0.3) is 0 Å². The van der Waals surface area contributed by atoms with Gasteiger partial charge in [0.2, 0.25) is 5.95 Å². The van der Waals surface area contributed by atoms with Crippen LogP contribution in [0.15, 0.2) is 36.4 Å². The Balaban J connectivity index is 1.77. The predicted octanol–water partition coefficient (Wildman–Crippen LogP) is 3.22. The summed E-state index contributed by atoms with van der Waals surface area (Å²) < 4.78 is 5.09. The van der Waals surface area contributed by atoms with Crippen molar-refractivity contribution in [2.45, 2.75) is 20.8 Å².